The Labute approximate surface area is 145 Å². The van der Waals surface area contributed by atoms with Gasteiger partial charge in [0.2, 0.25) is 11.8 Å². The summed E-state index contributed by atoms with van der Waals surface area (Å²) in [5, 5.41) is 2.97. The highest BCUT2D eigenvalue weighted by Gasteiger charge is 2.25. The van der Waals surface area contributed by atoms with Crippen LogP contribution >= 0.6 is 0 Å². The quantitative estimate of drug-likeness (QED) is 0.793. The van der Waals surface area contributed by atoms with Gasteiger partial charge in [-0.2, -0.15) is 0 Å². The van der Waals surface area contributed by atoms with E-state index in [0.717, 1.165) is 35.7 Å². The number of aryl methyl sites for hydroxylation is 2. The number of amides is 2. The molecule has 1 aromatic carbocycles. The van der Waals surface area contributed by atoms with Crippen LogP contribution in [0.1, 0.15) is 31.5 Å². The van der Waals surface area contributed by atoms with Crippen LogP contribution in [0.4, 0.5) is 5.69 Å². The summed E-state index contributed by atoms with van der Waals surface area (Å²) in [5.41, 5.74) is 7.81. The molecule has 2 aliphatic heterocycles. The van der Waals surface area contributed by atoms with Gasteiger partial charge in [-0.25, -0.2) is 10.4 Å². The minimum atomic E-state index is -0.430. The van der Waals surface area contributed by atoms with E-state index in [1.165, 1.54) is 12.8 Å². The minimum absolute atomic E-state index is 0.0898. The lowest BCUT2D eigenvalue weighted by Crippen LogP contribution is -2.54. The molecule has 1 unspecified atom stereocenters. The van der Waals surface area contributed by atoms with E-state index in [1.807, 2.05) is 24.3 Å². The van der Waals surface area contributed by atoms with Gasteiger partial charge >= 0.3 is 0 Å². The van der Waals surface area contributed by atoms with Gasteiger partial charge in [0, 0.05) is 31.1 Å². The number of para-hydroxylation sites is 1. The van der Waals surface area contributed by atoms with Gasteiger partial charge in [-0.1, -0.05) is 18.2 Å². The molecule has 1 aromatic heterocycles. The van der Waals surface area contributed by atoms with Gasteiger partial charge in [0.05, 0.1) is 11.4 Å². The number of imidazole rings is 1. The van der Waals surface area contributed by atoms with Gasteiger partial charge in [-0.3, -0.25) is 15.0 Å². The zero-order valence-electron chi connectivity index (χ0n) is 13.9. The first-order chi connectivity index (χ1) is 12.2. The third kappa shape index (κ3) is 3.28. The second kappa shape index (κ2) is 6.68. The lowest BCUT2D eigenvalue weighted by atomic mass is 10.1. The number of fused-ring (bicyclic) bond motifs is 1. The second-order valence-corrected chi connectivity index (χ2v) is 6.51. The van der Waals surface area contributed by atoms with E-state index in [9.17, 15) is 9.59 Å². The first kappa shape index (κ1) is 15.8. The maximum atomic E-state index is 12.5. The molecule has 3 heterocycles. The fourth-order valence-corrected chi connectivity index (χ4v) is 3.35. The summed E-state index contributed by atoms with van der Waals surface area (Å²) in [6, 6.07) is 7.27. The van der Waals surface area contributed by atoms with E-state index in [0.29, 0.717) is 12.8 Å². The summed E-state index contributed by atoms with van der Waals surface area (Å²) >= 11 is 0. The highest BCUT2D eigenvalue weighted by molar-refractivity contribution is 5.99. The number of anilines is 1. The number of nitrogens with zero attached hydrogens (tertiary/aromatic N) is 2. The zero-order valence-corrected chi connectivity index (χ0v) is 13.9. The van der Waals surface area contributed by atoms with Crippen molar-refractivity contribution in [1.82, 2.24) is 20.4 Å². The number of rotatable bonds is 3. The molecular formula is C18H21N5O2. The van der Waals surface area contributed by atoms with Gasteiger partial charge in [0.15, 0.2) is 0 Å². The van der Waals surface area contributed by atoms with Crippen LogP contribution in [0.5, 0.6) is 0 Å². The molecule has 1 atom stereocenters. The number of carbonyl (C=O) groups excluding carboxylic acids is 2. The lowest BCUT2D eigenvalue weighted by Gasteiger charge is -2.23. The Kier molecular flexibility index (Phi) is 4.23. The molecule has 3 N–H and O–H groups in total. The summed E-state index contributed by atoms with van der Waals surface area (Å²) in [7, 11) is 0. The number of nitrogens with one attached hydrogen (secondary N) is 3. The molecule has 2 aromatic rings. The van der Waals surface area contributed by atoms with Crippen molar-refractivity contribution in [3.63, 3.8) is 0 Å². The molecule has 7 heteroatoms. The molecule has 0 aliphatic carbocycles. The molecular weight excluding hydrogens is 318 g/mol. The number of hydrogen-bond acceptors (Lipinski definition) is 4. The number of aromatic nitrogens is 2. The van der Waals surface area contributed by atoms with Gasteiger partial charge in [-0.15, -0.1) is 0 Å². The average Bonchev–Trinajstić information content (AvgIpc) is 3.06. The summed E-state index contributed by atoms with van der Waals surface area (Å²) in [6.07, 6.45) is 6.26. The van der Waals surface area contributed by atoms with Gasteiger partial charge in [0.25, 0.3) is 0 Å². The van der Waals surface area contributed by atoms with Gasteiger partial charge < -0.3 is 9.88 Å². The van der Waals surface area contributed by atoms with Crippen LogP contribution in [0.3, 0.4) is 0 Å². The number of hydrogen-bond donors (Lipinski definition) is 3. The van der Waals surface area contributed by atoms with E-state index >= 15 is 0 Å². The van der Waals surface area contributed by atoms with Gasteiger partial charge in [0.1, 0.15) is 11.9 Å². The van der Waals surface area contributed by atoms with Crippen LogP contribution in [0, 0.1) is 0 Å². The fourth-order valence-electron chi connectivity index (χ4n) is 3.35. The van der Waals surface area contributed by atoms with E-state index in [4.69, 9.17) is 4.98 Å². The largest absolute Gasteiger partial charge is 0.334 e. The van der Waals surface area contributed by atoms with Crippen molar-refractivity contribution in [2.75, 3.05) is 5.32 Å². The Morgan fingerprint density at radius 1 is 1.24 bits per heavy atom. The molecule has 1 saturated heterocycles. The standard InChI is InChI=1S/C18H21N5O2/c24-17-9-8-14(21-22-17)18(25)20-13-6-2-1-5-12(13)15-11-23-10-4-3-7-16(23)19-15/h1-2,5-6,11,14,21H,3-4,7-10H2,(H,20,25)(H,22,24). The van der Waals surface area contributed by atoms with Crippen LogP contribution in [0.15, 0.2) is 30.5 Å². The Balaban J connectivity index is 1.56. The smallest absolute Gasteiger partial charge is 0.243 e. The SMILES string of the molecule is O=C1CCC(C(=O)Nc2ccccc2-c2cn3c(n2)CCCC3)NN1. The third-order valence-electron chi connectivity index (χ3n) is 4.73. The zero-order chi connectivity index (χ0) is 17.2. The van der Waals surface area contributed by atoms with Crippen molar-refractivity contribution in [2.45, 2.75) is 44.7 Å². The minimum Gasteiger partial charge on any atom is -0.334 e. The Bertz CT molecular complexity index is 780. The van der Waals surface area contributed by atoms with Gasteiger partial charge in [-0.05, 0) is 25.3 Å². The summed E-state index contributed by atoms with van der Waals surface area (Å²) in [4.78, 5) is 28.5. The second-order valence-electron chi connectivity index (χ2n) is 6.51. The van der Waals surface area contributed by atoms with Crippen molar-refractivity contribution in [1.29, 1.82) is 0 Å². The first-order valence-electron chi connectivity index (χ1n) is 8.71. The Hall–Kier alpha value is -2.67. The van der Waals surface area contributed by atoms with E-state index in [1.54, 1.807) is 0 Å². The molecule has 0 bridgehead atoms. The maximum Gasteiger partial charge on any atom is 0.243 e. The van der Waals surface area contributed by atoms with Crippen LogP contribution in [-0.4, -0.2) is 27.4 Å². The van der Waals surface area contributed by atoms with E-state index < -0.39 is 6.04 Å². The van der Waals surface area contributed by atoms with E-state index in [2.05, 4.69) is 26.9 Å². The molecule has 2 amide bonds. The maximum absolute atomic E-state index is 12.5. The number of carbonyl (C=O) groups is 2. The lowest BCUT2D eigenvalue weighted by molar-refractivity contribution is -0.126. The highest BCUT2D eigenvalue weighted by Crippen LogP contribution is 2.29. The summed E-state index contributed by atoms with van der Waals surface area (Å²) in [5.74, 6) is 0.864. The molecule has 1 fully saturated rings. The average molecular weight is 339 g/mol. The molecule has 25 heavy (non-hydrogen) atoms. The van der Waals surface area contributed by atoms with Crippen molar-refractivity contribution in [3.05, 3.63) is 36.3 Å². The molecule has 0 spiro atoms. The number of benzene rings is 1. The van der Waals surface area contributed by atoms with Crippen molar-refractivity contribution < 1.29 is 9.59 Å². The molecule has 2 aliphatic rings. The topological polar surface area (TPSA) is 88.0 Å². The van der Waals surface area contributed by atoms with Crippen LogP contribution < -0.4 is 16.2 Å². The molecule has 130 valence electrons. The predicted octanol–water partition coefficient (Wildman–Crippen LogP) is 1.61. The van der Waals surface area contributed by atoms with E-state index in [-0.39, 0.29) is 11.8 Å². The van der Waals surface area contributed by atoms with Crippen molar-refractivity contribution in [3.8, 4) is 11.3 Å². The fraction of sp³-hybridized carbons (Fsp3) is 0.389. The normalized spacial score (nSPS) is 19.8. The van der Waals surface area contributed by atoms with Crippen molar-refractivity contribution in [2.24, 2.45) is 0 Å². The van der Waals surface area contributed by atoms with Crippen LogP contribution in [0.2, 0.25) is 0 Å². The first-order valence-corrected chi connectivity index (χ1v) is 8.71. The molecule has 4 rings (SSSR count). The van der Waals surface area contributed by atoms with Crippen LogP contribution in [-0.2, 0) is 22.6 Å². The monoisotopic (exact) mass is 339 g/mol. The Morgan fingerprint density at radius 3 is 2.92 bits per heavy atom. The third-order valence-corrected chi connectivity index (χ3v) is 4.73. The summed E-state index contributed by atoms with van der Waals surface area (Å²) in [6.45, 7) is 1.00. The van der Waals surface area contributed by atoms with Crippen LogP contribution in [0.25, 0.3) is 11.3 Å². The number of hydrazine groups is 1. The summed E-state index contributed by atoms with van der Waals surface area (Å²) < 4.78 is 2.20. The molecule has 0 radical (unpaired) electrons. The molecule has 0 saturated carbocycles. The molecule has 7 nitrogen and oxygen atoms in total. The Morgan fingerprint density at radius 2 is 2.12 bits per heavy atom. The van der Waals surface area contributed by atoms with Crippen molar-refractivity contribution >= 4 is 17.5 Å². The predicted molar refractivity (Wildman–Crippen MR) is 93.5 cm³/mol. The highest BCUT2D eigenvalue weighted by atomic mass is 16.2.